The van der Waals surface area contributed by atoms with Crippen LogP contribution in [0.1, 0.15) is 6.92 Å². The van der Waals surface area contributed by atoms with E-state index in [0.717, 1.165) is 6.54 Å². The Balaban J connectivity index is 2.76. The molecule has 0 radical (unpaired) electrons. The van der Waals surface area contributed by atoms with E-state index in [1.165, 1.54) is 6.20 Å². The molecule has 1 aromatic heterocycles. The Kier molecular flexibility index (Phi) is 4.19. The second-order valence-electron chi connectivity index (χ2n) is 3.94. The van der Waals surface area contributed by atoms with Gasteiger partial charge in [-0.2, -0.15) is 0 Å². The van der Waals surface area contributed by atoms with E-state index in [1.54, 1.807) is 12.1 Å². The molecule has 1 N–H and O–H groups in total. The third-order valence-corrected chi connectivity index (χ3v) is 2.00. The summed E-state index contributed by atoms with van der Waals surface area (Å²) >= 11 is 0. The number of hydrogen-bond acceptors (Lipinski definition) is 5. The molecule has 0 saturated carbocycles. The fraction of sp³-hybridized carbons (Fsp3) is 0.500. The number of nitrogens with one attached hydrogen (secondary N) is 1. The Morgan fingerprint density at radius 1 is 1.62 bits per heavy atom. The second kappa shape index (κ2) is 5.41. The largest absolute Gasteiger partial charge is 0.386 e. The van der Waals surface area contributed by atoms with Gasteiger partial charge in [-0.05, 0) is 43.1 Å². The van der Waals surface area contributed by atoms with Gasteiger partial charge in [0.05, 0.1) is 0 Å². The number of nitro groups is 1. The molecule has 1 unspecified atom stereocenters. The Labute approximate surface area is 94.4 Å². The molecule has 1 rings (SSSR count). The first kappa shape index (κ1) is 12.4. The zero-order chi connectivity index (χ0) is 12.1. The molecule has 16 heavy (non-hydrogen) atoms. The molecule has 88 valence electrons. The van der Waals surface area contributed by atoms with Gasteiger partial charge in [0, 0.05) is 12.6 Å². The molecular formula is C10H16N4O2. The summed E-state index contributed by atoms with van der Waals surface area (Å²) in [6.45, 7) is 2.77. The van der Waals surface area contributed by atoms with Crippen LogP contribution < -0.4 is 5.32 Å². The predicted molar refractivity (Wildman–Crippen MR) is 62.5 cm³/mol. The minimum Gasteiger partial charge on any atom is -0.374 e. The van der Waals surface area contributed by atoms with E-state index in [4.69, 9.17) is 0 Å². The first-order valence-corrected chi connectivity index (χ1v) is 5.01. The lowest BCUT2D eigenvalue weighted by atomic mass is 10.3. The van der Waals surface area contributed by atoms with Crippen LogP contribution in [0.4, 0.5) is 11.5 Å². The predicted octanol–water partition coefficient (Wildman–Crippen LogP) is 1.35. The van der Waals surface area contributed by atoms with Gasteiger partial charge in [0.1, 0.15) is 11.9 Å². The van der Waals surface area contributed by atoms with Crippen molar-refractivity contribution in [1.29, 1.82) is 0 Å². The highest BCUT2D eigenvalue weighted by Gasteiger charge is 2.15. The van der Waals surface area contributed by atoms with Crippen molar-refractivity contribution in [3.8, 4) is 0 Å². The van der Waals surface area contributed by atoms with Gasteiger partial charge >= 0.3 is 5.82 Å². The van der Waals surface area contributed by atoms with Crippen LogP contribution in [0.25, 0.3) is 0 Å². The molecule has 0 amide bonds. The minimum absolute atomic E-state index is 0.123. The van der Waals surface area contributed by atoms with Crippen molar-refractivity contribution in [3.05, 3.63) is 28.4 Å². The molecule has 1 aromatic rings. The van der Waals surface area contributed by atoms with E-state index in [2.05, 4.69) is 10.3 Å². The molecule has 0 saturated heterocycles. The Morgan fingerprint density at radius 3 is 2.88 bits per heavy atom. The third-order valence-electron chi connectivity index (χ3n) is 2.00. The van der Waals surface area contributed by atoms with Crippen LogP contribution in [0.2, 0.25) is 0 Å². The number of hydrogen-bond donors (Lipinski definition) is 1. The number of pyridine rings is 1. The third kappa shape index (κ3) is 3.47. The maximum atomic E-state index is 10.7. The summed E-state index contributed by atoms with van der Waals surface area (Å²) in [4.78, 5) is 16.0. The number of nitrogens with zero attached hydrogens (tertiary/aromatic N) is 3. The van der Waals surface area contributed by atoms with Crippen molar-refractivity contribution in [2.45, 2.75) is 13.0 Å². The van der Waals surface area contributed by atoms with E-state index in [0.29, 0.717) is 5.69 Å². The summed E-state index contributed by atoms with van der Waals surface area (Å²) in [7, 11) is 3.91. The molecule has 0 aromatic carbocycles. The van der Waals surface area contributed by atoms with Gasteiger partial charge in [0.25, 0.3) is 0 Å². The van der Waals surface area contributed by atoms with E-state index in [1.807, 2.05) is 25.9 Å². The highest BCUT2D eigenvalue weighted by molar-refractivity contribution is 5.57. The van der Waals surface area contributed by atoms with Crippen LogP contribution in [0.15, 0.2) is 18.3 Å². The molecule has 0 spiro atoms. The standard InChI is InChI=1S/C10H16N4O2/c1-8(7-13(2)3)12-9-5-4-6-11-10(9)14(15)16/h4-6,8,12H,7H2,1-3H3. The Morgan fingerprint density at radius 2 is 2.31 bits per heavy atom. The normalized spacial score (nSPS) is 12.5. The summed E-state index contributed by atoms with van der Waals surface area (Å²) in [6.07, 6.45) is 1.42. The van der Waals surface area contributed by atoms with E-state index >= 15 is 0 Å². The van der Waals surface area contributed by atoms with Gasteiger partial charge in [-0.3, -0.25) is 0 Å². The Hall–Kier alpha value is -1.69. The van der Waals surface area contributed by atoms with Crippen LogP contribution >= 0.6 is 0 Å². The first-order valence-electron chi connectivity index (χ1n) is 5.01. The number of likely N-dealkylation sites (N-methyl/N-ethyl adjacent to an activating group) is 1. The summed E-state index contributed by atoms with van der Waals surface area (Å²) in [5, 5.41) is 13.8. The summed E-state index contributed by atoms with van der Waals surface area (Å²) < 4.78 is 0. The van der Waals surface area contributed by atoms with Gasteiger partial charge in [-0.15, -0.1) is 0 Å². The Bertz CT molecular complexity index is 368. The number of anilines is 1. The maximum Gasteiger partial charge on any atom is 0.386 e. The van der Waals surface area contributed by atoms with Gasteiger partial charge < -0.3 is 20.3 Å². The molecular weight excluding hydrogens is 208 g/mol. The molecule has 0 aliphatic rings. The average Bonchev–Trinajstić information content (AvgIpc) is 2.16. The van der Waals surface area contributed by atoms with Gasteiger partial charge in [0.2, 0.25) is 0 Å². The van der Waals surface area contributed by atoms with Crippen molar-refractivity contribution < 1.29 is 4.92 Å². The van der Waals surface area contributed by atoms with Crippen LogP contribution in [0, 0.1) is 10.1 Å². The van der Waals surface area contributed by atoms with Gasteiger partial charge in [0.15, 0.2) is 0 Å². The van der Waals surface area contributed by atoms with Crippen molar-refractivity contribution in [2.75, 3.05) is 26.0 Å². The molecule has 0 aliphatic carbocycles. The van der Waals surface area contributed by atoms with Crippen LogP contribution in [0.5, 0.6) is 0 Å². The monoisotopic (exact) mass is 224 g/mol. The minimum atomic E-state index is -0.481. The van der Waals surface area contributed by atoms with E-state index in [9.17, 15) is 10.1 Å². The first-order chi connectivity index (χ1) is 7.50. The van der Waals surface area contributed by atoms with Crippen LogP contribution in [-0.4, -0.2) is 41.5 Å². The van der Waals surface area contributed by atoms with Crippen molar-refractivity contribution in [2.24, 2.45) is 0 Å². The SMILES string of the molecule is CC(CN(C)C)Nc1cccnc1[N+](=O)[O-]. The molecule has 6 heteroatoms. The molecule has 0 aliphatic heterocycles. The van der Waals surface area contributed by atoms with Crippen LogP contribution in [-0.2, 0) is 0 Å². The average molecular weight is 224 g/mol. The fourth-order valence-corrected chi connectivity index (χ4v) is 1.51. The highest BCUT2D eigenvalue weighted by atomic mass is 16.6. The quantitative estimate of drug-likeness (QED) is 0.604. The lowest BCUT2D eigenvalue weighted by Gasteiger charge is -2.18. The number of aromatic nitrogens is 1. The molecule has 0 fully saturated rings. The summed E-state index contributed by atoms with van der Waals surface area (Å²) in [5.41, 5.74) is 0.460. The smallest absolute Gasteiger partial charge is 0.374 e. The van der Waals surface area contributed by atoms with Gasteiger partial charge in [-0.1, -0.05) is 0 Å². The molecule has 1 atom stereocenters. The van der Waals surface area contributed by atoms with Gasteiger partial charge in [-0.25, -0.2) is 0 Å². The van der Waals surface area contributed by atoms with E-state index in [-0.39, 0.29) is 11.9 Å². The molecule has 6 nitrogen and oxygen atoms in total. The lowest BCUT2D eigenvalue weighted by Crippen LogP contribution is -2.29. The van der Waals surface area contributed by atoms with Crippen molar-refractivity contribution in [1.82, 2.24) is 9.88 Å². The van der Waals surface area contributed by atoms with Crippen LogP contribution in [0.3, 0.4) is 0 Å². The second-order valence-corrected chi connectivity index (χ2v) is 3.94. The molecule has 1 heterocycles. The van der Waals surface area contributed by atoms with Crippen molar-refractivity contribution >= 4 is 11.5 Å². The number of rotatable bonds is 5. The fourth-order valence-electron chi connectivity index (χ4n) is 1.51. The summed E-state index contributed by atoms with van der Waals surface area (Å²) in [6, 6.07) is 3.47. The zero-order valence-corrected chi connectivity index (χ0v) is 9.67. The highest BCUT2D eigenvalue weighted by Crippen LogP contribution is 2.20. The zero-order valence-electron chi connectivity index (χ0n) is 9.67. The maximum absolute atomic E-state index is 10.7. The van der Waals surface area contributed by atoms with Crippen molar-refractivity contribution in [3.63, 3.8) is 0 Å². The molecule has 0 bridgehead atoms. The lowest BCUT2D eigenvalue weighted by molar-refractivity contribution is -0.388. The summed E-state index contributed by atoms with van der Waals surface area (Å²) in [5.74, 6) is -0.131. The van der Waals surface area contributed by atoms with E-state index < -0.39 is 4.92 Å². The topological polar surface area (TPSA) is 71.3 Å².